The van der Waals surface area contributed by atoms with E-state index in [4.69, 9.17) is 10.5 Å². The van der Waals surface area contributed by atoms with Gasteiger partial charge in [0.05, 0.1) is 24.5 Å². The first-order chi connectivity index (χ1) is 6.81. The van der Waals surface area contributed by atoms with E-state index in [1.807, 2.05) is 4.68 Å². The van der Waals surface area contributed by atoms with Crippen LogP contribution >= 0.6 is 0 Å². The Kier molecular flexibility index (Phi) is 2.79. The van der Waals surface area contributed by atoms with Crippen LogP contribution in [0.3, 0.4) is 0 Å². The molecule has 0 unspecified atom stereocenters. The monoisotopic (exact) mass is 196 g/mol. The van der Waals surface area contributed by atoms with E-state index in [2.05, 4.69) is 10.3 Å². The number of aromatic nitrogens is 3. The molecule has 5 heteroatoms. The Morgan fingerprint density at radius 3 is 3.14 bits per heavy atom. The number of methoxy groups -OCH3 is 1. The Balaban J connectivity index is 2.03. The fourth-order valence-corrected chi connectivity index (χ4v) is 1.50. The Labute approximate surface area is 83.2 Å². The molecule has 2 N–H and O–H groups in total. The van der Waals surface area contributed by atoms with E-state index in [1.54, 1.807) is 13.3 Å². The fourth-order valence-electron chi connectivity index (χ4n) is 1.50. The molecular formula is C9H16N4O. The maximum absolute atomic E-state index is 5.92. The summed E-state index contributed by atoms with van der Waals surface area (Å²) < 4.78 is 6.91. The lowest BCUT2D eigenvalue weighted by Crippen LogP contribution is -2.21. The first-order valence-electron chi connectivity index (χ1n) is 4.94. The molecule has 1 aliphatic carbocycles. The molecule has 0 amide bonds. The van der Waals surface area contributed by atoms with Crippen LogP contribution in [0.4, 0.5) is 0 Å². The van der Waals surface area contributed by atoms with Crippen molar-refractivity contribution in [3.05, 3.63) is 11.9 Å². The normalized spacial score (nSPS) is 18.4. The lowest BCUT2D eigenvalue weighted by molar-refractivity contribution is 0.177. The van der Waals surface area contributed by atoms with Gasteiger partial charge in [0, 0.05) is 13.7 Å². The van der Waals surface area contributed by atoms with Crippen molar-refractivity contribution >= 4 is 0 Å². The zero-order valence-corrected chi connectivity index (χ0v) is 8.39. The summed E-state index contributed by atoms with van der Waals surface area (Å²) in [5.41, 5.74) is 6.89. The lowest BCUT2D eigenvalue weighted by Gasteiger charge is -2.11. The van der Waals surface area contributed by atoms with Crippen molar-refractivity contribution in [3.63, 3.8) is 0 Å². The Morgan fingerprint density at radius 2 is 2.50 bits per heavy atom. The van der Waals surface area contributed by atoms with Gasteiger partial charge in [-0.15, -0.1) is 5.10 Å². The van der Waals surface area contributed by atoms with E-state index in [9.17, 15) is 0 Å². The smallest absolute Gasteiger partial charge is 0.0778 e. The molecule has 1 saturated carbocycles. The SMILES string of the molecule is COC[C@H](N)c1cnnn1CC1CC1. The van der Waals surface area contributed by atoms with Gasteiger partial charge < -0.3 is 10.5 Å². The van der Waals surface area contributed by atoms with Crippen LogP contribution in [0.2, 0.25) is 0 Å². The van der Waals surface area contributed by atoms with Gasteiger partial charge in [-0.3, -0.25) is 0 Å². The van der Waals surface area contributed by atoms with Crippen molar-refractivity contribution in [1.82, 2.24) is 15.0 Å². The fraction of sp³-hybridized carbons (Fsp3) is 0.778. The van der Waals surface area contributed by atoms with Crippen LogP contribution in [0.1, 0.15) is 24.6 Å². The number of ether oxygens (including phenoxy) is 1. The van der Waals surface area contributed by atoms with Crippen LogP contribution in [0.25, 0.3) is 0 Å². The van der Waals surface area contributed by atoms with Gasteiger partial charge in [-0.05, 0) is 18.8 Å². The third-order valence-electron chi connectivity index (χ3n) is 2.50. The predicted molar refractivity (Wildman–Crippen MR) is 51.6 cm³/mol. The molecule has 0 radical (unpaired) electrons. The van der Waals surface area contributed by atoms with Crippen molar-refractivity contribution in [2.75, 3.05) is 13.7 Å². The van der Waals surface area contributed by atoms with Crippen molar-refractivity contribution in [2.24, 2.45) is 11.7 Å². The molecule has 0 bridgehead atoms. The number of hydrogen-bond acceptors (Lipinski definition) is 4. The van der Waals surface area contributed by atoms with Gasteiger partial charge >= 0.3 is 0 Å². The molecule has 5 nitrogen and oxygen atoms in total. The molecule has 1 aliphatic rings. The standard InChI is InChI=1S/C9H16N4O/c1-14-6-8(10)9-4-11-12-13(9)5-7-2-3-7/h4,7-8H,2-3,5-6,10H2,1H3/t8-/m0/s1. The first-order valence-corrected chi connectivity index (χ1v) is 4.94. The second-order valence-corrected chi connectivity index (χ2v) is 3.85. The Hall–Kier alpha value is -0.940. The van der Waals surface area contributed by atoms with Gasteiger partial charge in [-0.2, -0.15) is 0 Å². The highest BCUT2D eigenvalue weighted by atomic mass is 16.5. The minimum Gasteiger partial charge on any atom is -0.383 e. The highest BCUT2D eigenvalue weighted by Gasteiger charge is 2.24. The molecule has 1 heterocycles. The van der Waals surface area contributed by atoms with Gasteiger partial charge in [-0.1, -0.05) is 5.21 Å². The van der Waals surface area contributed by atoms with Gasteiger partial charge in [0.1, 0.15) is 0 Å². The minimum atomic E-state index is -0.117. The summed E-state index contributed by atoms with van der Waals surface area (Å²) in [4.78, 5) is 0. The van der Waals surface area contributed by atoms with Crippen molar-refractivity contribution in [1.29, 1.82) is 0 Å². The van der Waals surface area contributed by atoms with Gasteiger partial charge in [0.25, 0.3) is 0 Å². The molecule has 0 aliphatic heterocycles. The molecule has 0 saturated heterocycles. The van der Waals surface area contributed by atoms with E-state index in [-0.39, 0.29) is 6.04 Å². The molecular weight excluding hydrogens is 180 g/mol. The van der Waals surface area contributed by atoms with Gasteiger partial charge in [-0.25, -0.2) is 4.68 Å². The third kappa shape index (κ3) is 2.10. The van der Waals surface area contributed by atoms with Crippen molar-refractivity contribution < 1.29 is 4.74 Å². The van der Waals surface area contributed by atoms with Crippen LogP contribution in [0, 0.1) is 5.92 Å². The Morgan fingerprint density at radius 1 is 1.71 bits per heavy atom. The van der Waals surface area contributed by atoms with Crippen LogP contribution in [0.15, 0.2) is 6.20 Å². The quantitative estimate of drug-likeness (QED) is 0.737. The molecule has 0 spiro atoms. The minimum absolute atomic E-state index is 0.117. The summed E-state index contributed by atoms with van der Waals surface area (Å²) >= 11 is 0. The van der Waals surface area contributed by atoms with Crippen LogP contribution < -0.4 is 5.73 Å². The maximum atomic E-state index is 5.92. The molecule has 1 aromatic rings. The van der Waals surface area contributed by atoms with Gasteiger partial charge in [0.2, 0.25) is 0 Å². The predicted octanol–water partition coefficient (Wildman–Crippen LogP) is 0.334. The van der Waals surface area contributed by atoms with E-state index >= 15 is 0 Å². The summed E-state index contributed by atoms with van der Waals surface area (Å²) in [5, 5.41) is 7.91. The summed E-state index contributed by atoms with van der Waals surface area (Å²) in [7, 11) is 1.65. The molecule has 14 heavy (non-hydrogen) atoms. The lowest BCUT2D eigenvalue weighted by atomic mass is 10.2. The van der Waals surface area contributed by atoms with Crippen molar-refractivity contribution in [3.8, 4) is 0 Å². The highest BCUT2D eigenvalue weighted by molar-refractivity contribution is 5.01. The largest absolute Gasteiger partial charge is 0.383 e. The van der Waals surface area contributed by atoms with E-state index in [1.165, 1.54) is 12.8 Å². The van der Waals surface area contributed by atoms with Crippen molar-refractivity contribution in [2.45, 2.75) is 25.4 Å². The average Bonchev–Trinajstić information content (AvgIpc) is 2.82. The summed E-state index contributed by atoms with van der Waals surface area (Å²) in [6.07, 6.45) is 4.34. The van der Waals surface area contributed by atoms with Crippen LogP contribution in [0.5, 0.6) is 0 Å². The first kappa shape index (κ1) is 9.61. The molecule has 2 rings (SSSR count). The summed E-state index contributed by atoms with van der Waals surface area (Å²) in [6, 6.07) is -0.117. The second-order valence-electron chi connectivity index (χ2n) is 3.85. The number of rotatable bonds is 5. The molecule has 0 aromatic carbocycles. The molecule has 1 fully saturated rings. The van der Waals surface area contributed by atoms with E-state index < -0.39 is 0 Å². The highest BCUT2D eigenvalue weighted by Crippen LogP contribution is 2.30. The Bertz CT molecular complexity index is 295. The second kappa shape index (κ2) is 4.06. The molecule has 78 valence electrons. The summed E-state index contributed by atoms with van der Waals surface area (Å²) in [6.45, 7) is 1.46. The summed E-state index contributed by atoms with van der Waals surface area (Å²) in [5.74, 6) is 0.783. The van der Waals surface area contributed by atoms with E-state index in [0.717, 1.165) is 18.2 Å². The molecule has 1 atom stereocenters. The van der Waals surface area contributed by atoms with Gasteiger partial charge in [0.15, 0.2) is 0 Å². The van der Waals surface area contributed by atoms with E-state index in [0.29, 0.717) is 6.61 Å². The number of nitrogens with zero attached hydrogens (tertiary/aromatic N) is 3. The third-order valence-corrected chi connectivity index (χ3v) is 2.50. The average molecular weight is 196 g/mol. The zero-order chi connectivity index (χ0) is 9.97. The zero-order valence-electron chi connectivity index (χ0n) is 8.39. The van der Waals surface area contributed by atoms with Crippen LogP contribution in [-0.4, -0.2) is 28.7 Å². The molecule has 1 aromatic heterocycles. The number of hydrogen-bond donors (Lipinski definition) is 1. The topological polar surface area (TPSA) is 66.0 Å². The maximum Gasteiger partial charge on any atom is 0.0778 e. The van der Waals surface area contributed by atoms with Crippen LogP contribution in [-0.2, 0) is 11.3 Å². The number of nitrogens with two attached hydrogens (primary N) is 1.